The molecular weight excluding hydrogens is 328 g/mol. The molecule has 1 aliphatic heterocycles. The van der Waals surface area contributed by atoms with Gasteiger partial charge in [-0.05, 0) is 26.2 Å². The predicted molar refractivity (Wildman–Crippen MR) is 106 cm³/mol. The fraction of sp³-hybridized carbons (Fsp3) is 0.900. The number of carbonyl (C=O) groups excluding carboxylic acids is 1. The smallest absolute Gasteiger partial charge is 0.222 e. The van der Waals surface area contributed by atoms with E-state index in [1.54, 1.807) is 0 Å². The molecule has 2 aliphatic rings. The number of likely N-dealkylation sites (tertiary alicyclic amines) is 1. The summed E-state index contributed by atoms with van der Waals surface area (Å²) < 4.78 is 6.05. The number of unbranched alkanes of at least 4 members (excludes halogenated alkanes) is 1. The van der Waals surface area contributed by atoms with Crippen LogP contribution in [0, 0.1) is 5.41 Å². The van der Waals surface area contributed by atoms with Gasteiger partial charge in [-0.15, -0.1) is 0 Å². The molecule has 26 heavy (non-hydrogen) atoms. The van der Waals surface area contributed by atoms with E-state index >= 15 is 0 Å². The summed E-state index contributed by atoms with van der Waals surface area (Å²) in [6.07, 6.45) is 5.20. The van der Waals surface area contributed by atoms with Crippen molar-refractivity contribution in [3.63, 3.8) is 0 Å². The highest BCUT2D eigenvalue weighted by atomic mass is 16.5. The fourth-order valence-electron chi connectivity index (χ4n) is 3.76. The Morgan fingerprint density at radius 3 is 2.65 bits per heavy atom. The molecule has 1 amide bonds. The number of carbonyl (C=O) groups is 1. The Morgan fingerprint density at radius 1 is 1.27 bits per heavy atom. The van der Waals surface area contributed by atoms with Crippen molar-refractivity contribution in [3.05, 3.63) is 0 Å². The van der Waals surface area contributed by atoms with E-state index in [0.717, 1.165) is 51.5 Å². The second kappa shape index (κ2) is 9.58. The predicted octanol–water partition coefficient (Wildman–Crippen LogP) is 2.54. The van der Waals surface area contributed by atoms with E-state index in [-0.39, 0.29) is 17.4 Å². The Morgan fingerprint density at radius 2 is 2.04 bits per heavy atom. The Bertz CT molecular complexity index is 492. The number of amides is 1. The van der Waals surface area contributed by atoms with Crippen molar-refractivity contribution >= 4 is 11.9 Å². The third-order valence-corrected chi connectivity index (χ3v) is 5.81. The van der Waals surface area contributed by atoms with Gasteiger partial charge in [0.15, 0.2) is 5.96 Å². The second-order valence-corrected chi connectivity index (χ2v) is 8.11. The Kier molecular flexibility index (Phi) is 7.74. The van der Waals surface area contributed by atoms with Gasteiger partial charge in [0, 0.05) is 50.2 Å². The minimum Gasteiger partial charge on any atom is -0.378 e. The van der Waals surface area contributed by atoms with Crippen LogP contribution in [-0.2, 0) is 9.53 Å². The van der Waals surface area contributed by atoms with Crippen LogP contribution in [0.5, 0.6) is 0 Å². The van der Waals surface area contributed by atoms with E-state index in [9.17, 15) is 4.79 Å². The zero-order valence-corrected chi connectivity index (χ0v) is 17.3. The Labute approximate surface area is 159 Å². The summed E-state index contributed by atoms with van der Waals surface area (Å²) in [4.78, 5) is 18.4. The monoisotopic (exact) mass is 366 g/mol. The van der Waals surface area contributed by atoms with Crippen LogP contribution in [0.1, 0.15) is 66.7 Å². The number of nitrogens with one attached hydrogen (secondary N) is 2. The summed E-state index contributed by atoms with van der Waals surface area (Å²) >= 11 is 0. The normalized spacial score (nSPS) is 28.0. The number of guanidine groups is 1. The molecule has 0 aromatic carbocycles. The van der Waals surface area contributed by atoms with Crippen LogP contribution in [0.2, 0.25) is 0 Å². The van der Waals surface area contributed by atoms with Crippen molar-refractivity contribution < 1.29 is 9.53 Å². The summed E-state index contributed by atoms with van der Waals surface area (Å²) in [6.45, 7) is 13.9. The topological polar surface area (TPSA) is 66.0 Å². The summed E-state index contributed by atoms with van der Waals surface area (Å²) in [6, 6.07) is 0.643. The molecule has 0 radical (unpaired) electrons. The maximum Gasteiger partial charge on any atom is 0.222 e. The number of hydrogen-bond acceptors (Lipinski definition) is 3. The Hall–Kier alpha value is -1.30. The van der Waals surface area contributed by atoms with Crippen LogP contribution in [0.4, 0.5) is 0 Å². The van der Waals surface area contributed by atoms with Crippen molar-refractivity contribution in [3.8, 4) is 0 Å². The lowest BCUT2D eigenvalue weighted by Gasteiger charge is -2.52. The van der Waals surface area contributed by atoms with E-state index in [1.807, 2.05) is 18.7 Å². The van der Waals surface area contributed by atoms with Crippen molar-refractivity contribution in [2.45, 2.75) is 84.9 Å². The lowest BCUT2D eigenvalue weighted by atomic mass is 9.64. The van der Waals surface area contributed by atoms with Gasteiger partial charge < -0.3 is 20.3 Å². The van der Waals surface area contributed by atoms with E-state index < -0.39 is 0 Å². The Balaban J connectivity index is 1.84. The van der Waals surface area contributed by atoms with Crippen LogP contribution in [-0.4, -0.2) is 61.2 Å². The van der Waals surface area contributed by atoms with Crippen LogP contribution >= 0.6 is 0 Å². The van der Waals surface area contributed by atoms with Gasteiger partial charge in [-0.2, -0.15) is 0 Å². The van der Waals surface area contributed by atoms with Gasteiger partial charge in [0.25, 0.3) is 0 Å². The maximum absolute atomic E-state index is 11.9. The molecule has 0 bridgehead atoms. The van der Waals surface area contributed by atoms with Gasteiger partial charge in [-0.3, -0.25) is 9.79 Å². The zero-order chi connectivity index (χ0) is 19.2. The molecule has 3 atom stereocenters. The number of rotatable bonds is 8. The molecular formula is C20H38N4O2. The first-order chi connectivity index (χ1) is 12.4. The SMILES string of the molecule is CCCCOC1CC(NC(=NCC)NC2CCN(C(=O)CC)C2)C1(C)C. The summed E-state index contributed by atoms with van der Waals surface area (Å²) in [5, 5.41) is 7.14. The van der Waals surface area contributed by atoms with Gasteiger partial charge in [-0.1, -0.05) is 34.1 Å². The molecule has 1 aliphatic carbocycles. The number of aliphatic imine (C=N–C) groups is 1. The van der Waals surface area contributed by atoms with Crippen LogP contribution in [0.15, 0.2) is 4.99 Å². The first-order valence-corrected chi connectivity index (χ1v) is 10.4. The van der Waals surface area contributed by atoms with Gasteiger partial charge in [0.1, 0.15) is 0 Å². The largest absolute Gasteiger partial charge is 0.378 e. The molecule has 150 valence electrons. The summed E-state index contributed by atoms with van der Waals surface area (Å²) in [7, 11) is 0. The molecule has 1 heterocycles. The van der Waals surface area contributed by atoms with Gasteiger partial charge >= 0.3 is 0 Å². The molecule has 3 unspecified atom stereocenters. The average molecular weight is 367 g/mol. The van der Waals surface area contributed by atoms with Gasteiger partial charge in [0.05, 0.1) is 6.10 Å². The van der Waals surface area contributed by atoms with E-state index in [4.69, 9.17) is 4.74 Å². The average Bonchev–Trinajstić information content (AvgIpc) is 3.08. The first-order valence-electron chi connectivity index (χ1n) is 10.4. The van der Waals surface area contributed by atoms with E-state index in [2.05, 4.69) is 36.4 Å². The number of nitrogens with zero attached hydrogens (tertiary/aromatic N) is 2. The number of ether oxygens (including phenoxy) is 1. The van der Waals surface area contributed by atoms with Gasteiger partial charge in [0.2, 0.25) is 5.91 Å². The molecule has 0 aromatic rings. The molecule has 2 fully saturated rings. The van der Waals surface area contributed by atoms with Crippen molar-refractivity contribution in [1.82, 2.24) is 15.5 Å². The quantitative estimate of drug-likeness (QED) is 0.394. The number of hydrogen-bond donors (Lipinski definition) is 2. The van der Waals surface area contributed by atoms with E-state index in [0.29, 0.717) is 18.6 Å². The second-order valence-electron chi connectivity index (χ2n) is 8.11. The lowest BCUT2D eigenvalue weighted by Crippen LogP contribution is -2.64. The standard InChI is InChI=1S/C20H38N4O2/c1-6-9-12-26-17-13-16(20(17,4)5)23-19(21-8-3)22-15-10-11-24(14-15)18(25)7-2/h15-17H,6-14H2,1-5H3,(H2,21,22,23). The van der Waals surface area contributed by atoms with Crippen molar-refractivity contribution in [1.29, 1.82) is 0 Å². The minimum atomic E-state index is 0.101. The highest BCUT2D eigenvalue weighted by molar-refractivity contribution is 5.81. The third-order valence-electron chi connectivity index (χ3n) is 5.81. The molecule has 6 nitrogen and oxygen atoms in total. The molecule has 2 N–H and O–H groups in total. The first kappa shape index (κ1) is 21.0. The summed E-state index contributed by atoms with van der Waals surface area (Å²) in [5.41, 5.74) is 0.101. The fourth-order valence-corrected chi connectivity index (χ4v) is 3.76. The van der Waals surface area contributed by atoms with Gasteiger partial charge in [-0.25, -0.2) is 0 Å². The molecule has 6 heteroatoms. The highest BCUT2D eigenvalue weighted by Gasteiger charge is 2.49. The molecule has 2 rings (SSSR count). The maximum atomic E-state index is 11.9. The summed E-state index contributed by atoms with van der Waals surface area (Å²) in [5.74, 6) is 1.11. The lowest BCUT2D eigenvalue weighted by molar-refractivity contribution is -0.129. The van der Waals surface area contributed by atoms with E-state index in [1.165, 1.54) is 6.42 Å². The highest BCUT2D eigenvalue weighted by Crippen LogP contribution is 2.42. The zero-order valence-electron chi connectivity index (χ0n) is 17.3. The van der Waals surface area contributed by atoms with Crippen molar-refractivity contribution in [2.75, 3.05) is 26.2 Å². The van der Waals surface area contributed by atoms with Crippen LogP contribution in [0.3, 0.4) is 0 Å². The molecule has 0 spiro atoms. The minimum absolute atomic E-state index is 0.101. The van der Waals surface area contributed by atoms with Crippen LogP contribution < -0.4 is 10.6 Å². The molecule has 1 saturated heterocycles. The van der Waals surface area contributed by atoms with Crippen molar-refractivity contribution in [2.24, 2.45) is 10.4 Å². The molecule has 1 saturated carbocycles. The third kappa shape index (κ3) is 5.12. The molecule has 0 aromatic heterocycles. The van der Waals surface area contributed by atoms with Crippen LogP contribution in [0.25, 0.3) is 0 Å².